The molecule has 0 amide bonds. The number of ether oxygens (including phenoxy) is 4. The number of phenolic OH excluding ortho intramolecular Hbond substituents is 2. The van der Waals surface area contributed by atoms with E-state index in [1.54, 1.807) is 29.0 Å². The number of aliphatic hydroxyl groups excluding tert-OH is 3. The lowest BCUT2D eigenvalue weighted by Crippen LogP contribution is -2.37. The van der Waals surface area contributed by atoms with E-state index < -0.39 is 18.1 Å². The van der Waals surface area contributed by atoms with Gasteiger partial charge >= 0.3 is 0 Å². The highest BCUT2D eigenvalue weighted by atomic mass is 33.1. The highest BCUT2D eigenvalue weighted by Gasteiger charge is 2.46. The van der Waals surface area contributed by atoms with E-state index in [1.807, 2.05) is 29.0 Å². The summed E-state index contributed by atoms with van der Waals surface area (Å²) in [6.45, 7) is 6.61. The normalized spacial score (nSPS) is 24.6. The Kier molecular flexibility index (Phi) is 11.9. The summed E-state index contributed by atoms with van der Waals surface area (Å²) in [6.07, 6.45) is 1.81. The standard InChI is InChI=1S/C39H50O9S2/c1-21(2)9-12-46-33-16-23(15-32(45-4)38(33)44)39-37(43)29-20-50-49-14-10-22(3)5-7-25-27-17-24(42)6-8-26(27)34-30(47-13-11-40)18-31(48-39)35(29)36(34)28(25)19-41/h6,8,15-18,21-22,25,28-29,37,39-44H,5,7,9-14,19-20H2,1-4H3. The zero-order valence-corrected chi connectivity index (χ0v) is 30.9. The molecule has 6 unspecified atom stereocenters. The van der Waals surface area contributed by atoms with Crippen LogP contribution in [0.2, 0.25) is 0 Å². The summed E-state index contributed by atoms with van der Waals surface area (Å²) < 4.78 is 24.6. The Morgan fingerprint density at radius 3 is 2.42 bits per heavy atom. The molecule has 50 heavy (non-hydrogen) atoms. The van der Waals surface area contributed by atoms with Crippen LogP contribution in [0.4, 0.5) is 0 Å². The number of hydrogen-bond donors (Lipinski definition) is 5. The van der Waals surface area contributed by atoms with Gasteiger partial charge < -0.3 is 44.5 Å². The molecule has 0 radical (unpaired) electrons. The van der Waals surface area contributed by atoms with Gasteiger partial charge in [-0.3, -0.25) is 0 Å². The van der Waals surface area contributed by atoms with Crippen molar-refractivity contribution >= 4 is 21.6 Å². The Morgan fingerprint density at radius 2 is 1.68 bits per heavy atom. The summed E-state index contributed by atoms with van der Waals surface area (Å²) in [6, 6.07) is 10.6. The lowest BCUT2D eigenvalue weighted by atomic mass is 9.66. The molecular formula is C39H50O9S2. The van der Waals surface area contributed by atoms with Gasteiger partial charge in [0.05, 0.1) is 26.9 Å². The Labute approximate surface area is 302 Å². The largest absolute Gasteiger partial charge is 0.508 e. The summed E-state index contributed by atoms with van der Waals surface area (Å²) in [5.74, 6) is 3.23. The number of hydrogen-bond acceptors (Lipinski definition) is 11. The molecular weight excluding hydrogens is 677 g/mol. The predicted octanol–water partition coefficient (Wildman–Crippen LogP) is 7.52. The van der Waals surface area contributed by atoms with Crippen molar-refractivity contribution in [2.45, 2.75) is 76.4 Å². The van der Waals surface area contributed by atoms with Gasteiger partial charge in [0, 0.05) is 46.1 Å². The second-order valence-corrected chi connectivity index (χ2v) is 16.8. The summed E-state index contributed by atoms with van der Waals surface area (Å²) in [7, 11) is 5.03. The molecule has 6 atom stereocenters. The van der Waals surface area contributed by atoms with Crippen molar-refractivity contribution < 1.29 is 44.5 Å². The number of methoxy groups -OCH3 is 1. The number of rotatable bonds is 10. The van der Waals surface area contributed by atoms with E-state index in [9.17, 15) is 25.5 Å². The molecule has 2 heterocycles. The molecule has 1 aliphatic carbocycles. The molecule has 0 fully saturated rings. The van der Waals surface area contributed by atoms with Gasteiger partial charge in [0.2, 0.25) is 5.75 Å². The zero-order valence-electron chi connectivity index (χ0n) is 29.3. The molecule has 2 bridgehead atoms. The second-order valence-electron chi connectivity index (χ2n) is 14.1. The van der Waals surface area contributed by atoms with Crippen LogP contribution in [0.15, 0.2) is 36.4 Å². The number of benzene rings is 3. The van der Waals surface area contributed by atoms with E-state index in [1.165, 1.54) is 7.11 Å². The average molecular weight is 727 g/mol. The van der Waals surface area contributed by atoms with Crippen molar-refractivity contribution in [1.82, 2.24) is 0 Å². The van der Waals surface area contributed by atoms with E-state index in [-0.39, 0.29) is 54.7 Å². The van der Waals surface area contributed by atoms with Crippen molar-refractivity contribution in [3.05, 3.63) is 58.7 Å². The number of phenols is 2. The fraction of sp³-hybridized carbons (Fsp3) is 0.538. The van der Waals surface area contributed by atoms with Gasteiger partial charge in [0.1, 0.15) is 30.0 Å². The van der Waals surface area contributed by atoms with E-state index in [2.05, 4.69) is 20.8 Å². The highest BCUT2D eigenvalue weighted by Crippen LogP contribution is 2.60. The van der Waals surface area contributed by atoms with Crippen LogP contribution in [0.1, 0.15) is 92.6 Å². The SMILES string of the molecule is COc1cc(C2Oc3cc(OCCO)c4c5c3C(CSSCCC(C)CCC(c3cc(O)ccc3-4)C5CO)C2O)cc(OCCC(C)C)c1O. The Morgan fingerprint density at radius 1 is 0.900 bits per heavy atom. The minimum atomic E-state index is -0.996. The molecule has 3 aromatic carbocycles. The van der Waals surface area contributed by atoms with Crippen molar-refractivity contribution in [1.29, 1.82) is 0 Å². The van der Waals surface area contributed by atoms with Gasteiger partial charge in [-0.2, -0.15) is 0 Å². The van der Waals surface area contributed by atoms with Crippen molar-refractivity contribution in [2.75, 3.05) is 45.0 Å². The van der Waals surface area contributed by atoms with Gasteiger partial charge in [-0.1, -0.05) is 54.8 Å². The monoisotopic (exact) mass is 726 g/mol. The average Bonchev–Trinajstić information content (AvgIpc) is 3.10. The molecule has 0 spiro atoms. The van der Waals surface area contributed by atoms with Gasteiger partial charge in [-0.05, 0) is 78.0 Å². The molecule has 0 saturated heterocycles. The molecule has 0 aromatic heterocycles. The van der Waals surface area contributed by atoms with Gasteiger partial charge in [0.15, 0.2) is 17.6 Å². The summed E-state index contributed by atoms with van der Waals surface area (Å²) in [5.41, 5.74) is 5.01. The first-order valence-electron chi connectivity index (χ1n) is 17.7. The van der Waals surface area contributed by atoms with E-state index in [4.69, 9.17) is 18.9 Å². The molecule has 3 aliphatic rings. The Balaban J connectivity index is 1.55. The summed E-state index contributed by atoms with van der Waals surface area (Å²) in [4.78, 5) is 0. The summed E-state index contributed by atoms with van der Waals surface area (Å²) >= 11 is 0. The molecule has 9 nitrogen and oxygen atoms in total. The third-order valence-electron chi connectivity index (χ3n) is 10.3. The molecule has 6 rings (SSSR count). The van der Waals surface area contributed by atoms with Crippen LogP contribution in [-0.4, -0.2) is 76.7 Å². The van der Waals surface area contributed by atoms with Gasteiger partial charge in [-0.15, -0.1) is 0 Å². The smallest absolute Gasteiger partial charge is 0.200 e. The fourth-order valence-electron chi connectivity index (χ4n) is 7.67. The van der Waals surface area contributed by atoms with Crippen LogP contribution < -0.4 is 18.9 Å². The maximum atomic E-state index is 12.4. The van der Waals surface area contributed by atoms with Crippen LogP contribution in [0.3, 0.4) is 0 Å². The molecule has 272 valence electrons. The van der Waals surface area contributed by atoms with Crippen molar-refractivity contribution in [3.63, 3.8) is 0 Å². The maximum absolute atomic E-state index is 12.4. The van der Waals surface area contributed by atoms with Crippen LogP contribution in [0.25, 0.3) is 11.1 Å². The van der Waals surface area contributed by atoms with Crippen LogP contribution >= 0.6 is 21.6 Å². The third-order valence-corrected chi connectivity index (χ3v) is 12.8. The van der Waals surface area contributed by atoms with E-state index in [0.29, 0.717) is 41.3 Å². The van der Waals surface area contributed by atoms with Gasteiger partial charge in [-0.25, -0.2) is 0 Å². The third kappa shape index (κ3) is 7.35. The summed E-state index contributed by atoms with van der Waals surface area (Å²) in [5, 5.41) is 55.1. The Hall–Kier alpha value is -2.96. The minimum Gasteiger partial charge on any atom is -0.508 e. The molecule has 0 saturated carbocycles. The Bertz CT molecular complexity index is 1650. The van der Waals surface area contributed by atoms with Gasteiger partial charge in [0.25, 0.3) is 0 Å². The van der Waals surface area contributed by atoms with Crippen LogP contribution in [0, 0.1) is 11.8 Å². The number of aromatic hydroxyl groups is 2. The minimum absolute atomic E-state index is 0.0532. The zero-order chi connectivity index (χ0) is 35.5. The van der Waals surface area contributed by atoms with Crippen molar-refractivity contribution in [3.8, 4) is 45.6 Å². The predicted molar refractivity (Wildman–Crippen MR) is 198 cm³/mol. The fourth-order valence-corrected chi connectivity index (χ4v) is 10.3. The first kappa shape index (κ1) is 36.8. The van der Waals surface area contributed by atoms with Crippen LogP contribution in [-0.2, 0) is 0 Å². The molecule has 5 N–H and O–H groups in total. The second kappa shape index (κ2) is 16.2. The lowest BCUT2D eigenvalue weighted by Gasteiger charge is -2.43. The molecule has 2 aliphatic heterocycles. The van der Waals surface area contributed by atoms with E-state index >= 15 is 0 Å². The first-order valence-corrected chi connectivity index (χ1v) is 20.2. The van der Waals surface area contributed by atoms with Crippen LogP contribution in [0.5, 0.6) is 34.5 Å². The maximum Gasteiger partial charge on any atom is 0.200 e. The number of aliphatic hydroxyl groups is 3. The quantitative estimate of drug-likeness (QED) is 0.133. The topological polar surface area (TPSA) is 138 Å². The van der Waals surface area contributed by atoms with E-state index in [0.717, 1.165) is 59.3 Å². The highest BCUT2D eigenvalue weighted by molar-refractivity contribution is 8.76. The number of fused-ring (bicyclic) bond motifs is 4. The lowest BCUT2D eigenvalue weighted by molar-refractivity contribution is 0.00381. The molecule has 3 aromatic rings. The first-order chi connectivity index (χ1) is 24.2. The molecule has 11 heteroatoms. The van der Waals surface area contributed by atoms with Crippen molar-refractivity contribution in [2.24, 2.45) is 11.8 Å².